The first-order valence-corrected chi connectivity index (χ1v) is 6.81. The van der Waals surface area contributed by atoms with E-state index in [1.54, 1.807) is 32.2 Å². The summed E-state index contributed by atoms with van der Waals surface area (Å²) in [5.74, 6) is 0.367. The zero-order chi connectivity index (χ0) is 15.1. The maximum Gasteiger partial charge on any atom is 0.260 e. The highest BCUT2D eigenvalue weighted by atomic mass is 35.5. The number of nitrogens with two attached hydrogens (primary N) is 1. The molecule has 1 aromatic carbocycles. The smallest absolute Gasteiger partial charge is 0.260 e. The second-order valence-electron chi connectivity index (χ2n) is 4.51. The van der Waals surface area contributed by atoms with Gasteiger partial charge in [-0.25, -0.2) is 0 Å². The standard InChI is InChI=1S/C14H21ClN2O3/c1-9(16)12-8-11(15)4-5-13(12)20-10(2)14(18)17-6-7-19-3/h4-5,8-10H,6-7,16H2,1-3H3,(H,17,18)/t9-,10?/m1/s1. The molecule has 5 nitrogen and oxygen atoms in total. The average Bonchev–Trinajstić information content (AvgIpc) is 2.40. The van der Waals surface area contributed by atoms with Crippen molar-refractivity contribution < 1.29 is 14.3 Å². The maximum absolute atomic E-state index is 11.8. The molecule has 0 spiro atoms. The minimum atomic E-state index is -0.620. The molecule has 0 heterocycles. The van der Waals surface area contributed by atoms with Gasteiger partial charge in [-0.1, -0.05) is 11.6 Å². The first-order chi connectivity index (χ1) is 9.45. The molecular weight excluding hydrogens is 280 g/mol. The van der Waals surface area contributed by atoms with Crippen molar-refractivity contribution in [2.24, 2.45) is 5.73 Å². The number of hydrogen-bond donors (Lipinski definition) is 2. The van der Waals surface area contributed by atoms with Crippen LogP contribution in [-0.2, 0) is 9.53 Å². The third-order valence-electron chi connectivity index (χ3n) is 2.74. The van der Waals surface area contributed by atoms with Crippen LogP contribution in [0.4, 0.5) is 0 Å². The lowest BCUT2D eigenvalue weighted by atomic mass is 10.1. The van der Waals surface area contributed by atoms with Gasteiger partial charge >= 0.3 is 0 Å². The molecule has 1 aromatic rings. The number of rotatable bonds is 7. The Kier molecular flexibility index (Phi) is 6.78. The van der Waals surface area contributed by atoms with E-state index in [2.05, 4.69) is 5.32 Å². The Bertz CT molecular complexity index is 452. The fraction of sp³-hybridized carbons (Fsp3) is 0.500. The van der Waals surface area contributed by atoms with E-state index in [0.717, 1.165) is 5.56 Å². The molecule has 112 valence electrons. The Morgan fingerprint density at radius 3 is 2.75 bits per heavy atom. The van der Waals surface area contributed by atoms with Crippen molar-refractivity contribution in [1.82, 2.24) is 5.32 Å². The summed E-state index contributed by atoms with van der Waals surface area (Å²) in [5.41, 5.74) is 6.65. The average molecular weight is 301 g/mol. The summed E-state index contributed by atoms with van der Waals surface area (Å²) in [6, 6.07) is 4.95. The van der Waals surface area contributed by atoms with E-state index in [4.69, 9.17) is 26.8 Å². The third-order valence-corrected chi connectivity index (χ3v) is 2.98. The maximum atomic E-state index is 11.8. The predicted molar refractivity (Wildman–Crippen MR) is 79.0 cm³/mol. The van der Waals surface area contributed by atoms with Crippen LogP contribution in [0.3, 0.4) is 0 Å². The molecule has 3 N–H and O–H groups in total. The van der Waals surface area contributed by atoms with E-state index in [0.29, 0.717) is 23.9 Å². The summed E-state index contributed by atoms with van der Waals surface area (Å²) < 4.78 is 10.5. The van der Waals surface area contributed by atoms with E-state index in [1.807, 2.05) is 6.92 Å². The molecule has 20 heavy (non-hydrogen) atoms. The molecular formula is C14H21ClN2O3. The zero-order valence-corrected chi connectivity index (χ0v) is 12.7. The summed E-state index contributed by atoms with van der Waals surface area (Å²) >= 11 is 5.94. The second kappa shape index (κ2) is 8.09. The minimum absolute atomic E-state index is 0.201. The highest BCUT2D eigenvalue weighted by Crippen LogP contribution is 2.28. The van der Waals surface area contributed by atoms with Crippen LogP contribution in [0.5, 0.6) is 5.75 Å². The molecule has 0 fully saturated rings. The Morgan fingerprint density at radius 2 is 2.15 bits per heavy atom. The largest absolute Gasteiger partial charge is 0.481 e. The second-order valence-corrected chi connectivity index (χ2v) is 4.95. The fourth-order valence-electron chi connectivity index (χ4n) is 1.65. The topological polar surface area (TPSA) is 73.6 Å². The molecule has 0 aliphatic rings. The lowest BCUT2D eigenvalue weighted by Gasteiger charge is -2.19. The van der Waals surface area contributed by atoms with Gasteiger partial charge in [-0.05, 0) is 32.0 Å². The molecule has 0 radical (unpaired) electrons. The SMILES string of the molecule is COCCNC(=O)C(C)Oc1ccc(Cl)cc1[C@@H](C)N. The van der Waals surface area contributed by atoms with Crippen molar-refractivity contribution in [3.05, 3.63) is 28.8 Å². The van der Waals surface area contributed by atoms with Gasteiger partial charge in [0.05, 0.1) is 6.61 Å². The molecule has 0 bridgehead atoms. The number of carbonyl (C=O) groups excluding carboxylic acids is 1. The number of hydrogen-bond acceptors (Lipinski definition) is 4. The van der Waals surface area contributed by atoms with Crippen LogP contribution in [0.2, 0.25) is 5.02 Å². The van der Waals surface area contributed by atoms with Crippen molar-refractivity contribution in [3.63, 3.8) is 0 Å². The summed E-state index contributed by atoms with van der Waals surface area (Å²) in [6.45, 7) is 4.43. The zero-order valence-electron chi connectivity index (χ0n) is 12.0. The number of methoxy groups -OCH3 is 1. The van der Waals surface area contributed by atoms with Crippen LogP contribution in [0.15, 0.2) is 18.2 Å². The van der Waals surface area contributed by atoms with Crippen LogP contribution >= 0.6 is 11.6 Å². The first kappa shape index (κ1) is 16.8. The Morgan fingerprint density at radius 1 is 1.45 bits per heavy atom. The van der Waals surface area contributed by atoms with Crippen LogP contribution in [0, 0.1) is 0 Å². The molecule has 0 saturated heterocycles. The monoisotopic (exact) mass is 300 g/mol. The van der Waals surface area contributed by atoms with Gasteiger partial charge in [0.15, 0.2) is 6.10 Å². The fourth-order valence-corrected chi connectivity index (χ4v) is 1.83. The molecule has 1 rings (SSSR count). The number of benzene rings is 1. The van der Waals surface area contributed by atoms with Crippen molar-refractivity contribution in [3.8, 4) is 5.75 Å². The molecule has 1 unspecified atom stereocenters. The van der Waals surface area contributed by atoms with Crippen LogP contribution in [0.25, 0.3) is 0 Å². The third kappa shape index (κ3) is 5.00. The van der Waals surface area contributed by atoms with E-state index in [-0.39, 0.29) is 11.9 Å². The van der Waals surface area contributed by atoms with Crippen molar-refractivity contribution in [1.29, 1.82) is 0 Å². The lowest BCUT2D eigenvalue weighted by Crippen LogP contribution is -2.38. The summed E-state index contributed by atoms with van der Waals surface area (Å²) in [6.07, 6.45) is -0.620. The molecule has 0 aliphatic heterocycles. The van der Waals surface area contributed by atoms with Gasteiger partial charge in [0.1, 0.15) is 5.75 Å². The van der Waals surface area contributed by atoms with Crippen molar-refractivity contribution in [2.75, 3.05) is 20.3 Å². The normalized spacial score (nSPS) is 13.7. The number of carbonyl (C=O) groups is 1. The van der Waals surface area contributed by atoms with E-state index < -0.39 is 6.10 Å². The van der Waals surface area contributed by atoms with E-state index >= 15 is 0 Å². The van der Waals surface area contributed by atoms with Gasteiger partial charge in [-0.15, -0.1) is 0 Å². The van der Waals surface area contributed by atoms with Crippen LogP contribution < -0.4 is 15.8 Å². The molecule has 2 atom stereocenters. The van der Waals surface area contributed by atoms with Crippen LogP contribution in [0.1, 0.15) is 25.5 Å². The van der Waals surface area contributed by atoms with Gasteiger partial charge < -0.3 is 20.5 Å². The number of amides is 1. The predicted octanol–water partition coefficient (Wildman–Crippen LogP) is 1.89. The highest BCUT2D eigenvalue weighted by molar-refractivity contribution is 6.30. The highest BCUT2D eigenvalue weighted by Gasteiger charge is 2.17. The van der Waals surface area contributed by atoms with E-state index in [1.165, 1.54) is 0 Å². The lowest BCUT2D eigenvalue weighted by molar-refractivity contribution is -0.127. The van der Waals surface area contributed by atoms with Gasteiger partial charge in [-0.3, -0.25) is 4.79 Å². The minimum Gasteiger partial charge on any atom is -0.481 e. The first-order valence-electron chi connectivity index (χ1n) is 6.44. The molecule has 1 amide bonds. The molecule has 6 heteroatoms. The Balaban J connectivity index is 2.70. The number of nitrogens with one attached hydrogen (secondary N) is 1. The number of halogens is 1. The molecule has 0 saturated carbocycles. The summed E-state index contributed by atoms with van der Waals surface area (Å²) in [4.78, 5) is 11.8. The Labute approximate surface area is 124 Å². The summed E-state index contributed by atoms with van der Waals surface area (Å²) in [7, 11) is 1.58. The van der Waals surface area contributed by atoms with Crippen molar-refractivity contribution >= 4 is 17.5 Å². The van der Waals surface area contributed by atoms with Gasteiger partial charge in [0.25, 0.3) is 5.91 Å². The van der Waals surface area contributed by atoms with E-state index in [9.17, 15) is 4.79 Å². The van der Waals surface area contributed by atoms with Gasteiger partial charge in [-0.2, -0.15) is 0 Å². The molecule has 0 aromatic heterocycles. The van der Waals surface area contributed by atoms with Crippen LogP contribution in [-0.4, -0.2) is 32.3 Å². The summed E-state index contributed by atoms with van der Waals surface area (Å²) in [5, 5.41) is 3.30. The number of ether oxygens (including phenoxy) is 2. The molecule has 0 aliphatic carbocycles. The Hall–Kier alpha value is -1.30. The van der Waals surface area contributed by atoms with Gasteiger partial charge in [0.2, 0.25) is 0 Å². The van der Waals surface area contributed by atoms with Crippen molar-refractivity contribution in [2.45, 2.75) is 26.0 Å². The quantitative estimate of drug-likeness (QED) is 0.754. The van der Waals surface area contributed by atoms with Gasteiger partial charge in [0, 0.05) is 30.3 Å².